The molecule has 0 unspecified atom stereocenters. The number of amides is 1. The summed E-state index contributed by atoms with van der Waals surface area (Å²) >= 11 is 13.7. The van der Waals surface area contributed by atoms with Crippen LogP contribution in [0.5, 0.6) is 0 Å². The molecule has 0 spiro atoms. The van der Waals surface area contributed by atoms with E-state index in [4.69, 9.17) is 23.2 Å². The zero-order valence-corrected chi connectivity index (χ0v) is 14.3. The summed E-state index contributed by atoms with van der Waals surface area (Å²) in [5.41, 5.74) is 0.539. The quantitative estimate of drug-likeness (QED) is 0.823. The van der Waals surface area contributed by atoms with Crippen molar-refractivity contribution in [1.82, 2.24) is 10.2 Å². The molecule has 1 N–H and O–H groups in total. The van der Waals surface area contributed by atoms with Gasteiger partial charge in [-0.2, -0.15) is 0 Å². The van der Waals surface area contributed by atoms with E-state index < -0.39 is 0 Å². The van der Waals surface area contributed by atoms with Gasteiger partial charge in [0.25, 0.3) is 5.91 Å². The molecule has 0 radical (unpaired) electrons. The maximum absolute atomic E-state index is 12.5. The molecule has 1 saturated heterocycles. The SMILES string of the molecule is CSc1cc(C(=O)N2CCCNCC2)c(Cl)cc1Cl.Cl. The Morgan fingerprint density at radius 2 is 2.00 bits per heavy atom. The predicted molar refractivity (Wildman–Crippen MR) is 88.9 cm³/mol. The van der Waals surface area contributed by atoms with Gasteiger partial charge in [0.05, 0.1) is 15.6 Å². The topological polar surface area (TPSA) is 32.3 Å². The maximum Gasteiger partial charge on any atom is 0.255 e. The number of carbonyl (C=O) groups is 1. The first kappa shape index (κ1) is 17.9. The van der Waals surface area contributed by atoms with Gasteiger partial charge in [-0.15, -0.1) is 24.2 Å². The zero-order valence-electron chi connectivity index (χ0n) is 11.1. The minimum atomic E-state index is -0.0133. The second-order valence-corrected chi connectivity index (χ2v) is 6.02. The van der Waals surface area contributed by atoms with E-state index in [9.17, 15) is 4.79 Å². The van der Waals surface area contributed by atoms with Crippen LogP contribution in [-0.2, 0) is 0 Å². The van der Waals surface area contributed by atoms with Crippen LogP contribution in [-0.4, -0.2) is 43.2 Å². The van der Waals surface area contributed by atoms with E-state index in [0.29, 0.717) is 22.2 Å². The highest BCUT2D eigenvalue weighted by atomic mass is 35.5. The summed E-state index contributed by atoms with van der Waals surface area (Å²) in [6, 6.07) is 3.44. The Balaban J connectivity index is 0.00000200. The normalized spacial score (nSPS) is 15.4. The summed E-state index contributed by atoms with van der Waals surface area (Å²) in [5.74, 6) is -0.0133. The number of carbonyl (C=O) groups excluding carboxylic acids is 1. The first-order chi connectivity index (χ1) is 9.13. The molecule has 7 heteroatoms. The summed E-state index contributed by atoms with van der Waals surface area (Å²) in [6.07, 6.45) is 2.89. The molecule has 0 aliphatic carbocycles. The average molecular weight is 356 g/mol. The Morgan fingerprint density at radius 1 is 1.25 bits per heavy atom. The second kappa shape index (κ2) is 8.35. The number of halogens is 3. The predicted octanol–water partition coefficient (Wildman–Crippen LogP) is 3.57. The molecule has 0 atom stereocenters. The lowest BCUT2D eigenvalue weighted by atomic mass is 10.2. The monoisotopic (exact) mass is 354 g/mol. The molecule has 1 aliphatic heterocycles. The molecule has 20 heavy (non-hydrogen) atoms. The Hall–Kier alpha value is -0.130. The van der Waals surface area contributed by atoms with Gasteiger partial charge in [0.1, 0.15) is 0 Å². The van der Waals surface area contributed by atoms with Crippen LogP contribution in [0.15, 0.2) is 17.0 Å². The number of benzene rings is 1. The number of hydrogen-bond donors (Lipinski definition) is 1. The highest BCUT2D eigenvalue weighted by molar-refractivity contribution is 7.98. The van der Waals surface area contributed by atoms with Crippen LogP contribution < -0.4 is 5.32 Å². The van der Waals surface area contributed by atoms with Gasteiger partial charge in [-0.25, -0.2) is 0 Å². The molecule has 0 aromatic heterocycles. The molecule has 0 saturated carbocycles. The molecule has 1 aromatic rings. The van der Waals surface area contributed by atoms with E-state index in [0.717, 1.165) is 31.0 Å². The van der Waals surface area contributed by atoms with Crippen LogP contribution in [0.2, 0.25) is 10.0 Å². The molecule has 1 fully saturated rings. The van der Waals surface area contributed by atoms with Crippen LogP contribution in [0, 0.1) is 0 Å². The number of hydrogen-bond acceptors (Lipinski definition) is 3. The highest BCUT2D eigenvalue weighted by Gasteiger charge is 2.20. The molecule has 1 amide bonds. The smallest absolute Gasteiger partial charge is 0.255 e. The van der Waals surface area contributed by atoms with Gasteiger partial charge in [0.15, 0.2) is 0 Å². The van der Waals surface area contributed by atoms with Gasteiger partial charge in [-0.3, -0.25) is 4.79 Å². The van der Waals surface area contributed by atoms with Gasteiger partial charge in [0, 0.05) is 24.5 Å². The Kier molecular flexibility index (Phi) is 7.48. The third-order valence-corrected chi connectivity index (χ3v) is 4.61. The van der Waals surface area contributed by atoms with E-state index in [2.05, 4.69) is 5.32 Å². The van der Waals surface area contributed by atoms with Crippen molar-refractivity contribution in [2.24, 2.45) is 0 Å². The van der Waals surface area contributed by atoms with Crippen LogP contribution in [0.25, 0.3) is 0 Å². The van der Waals surface area contributed by atoms with Crippen molar-refractivity contribution >= 4 is 53.3 Å². The highest BCUT2D eigenvalue weighted by Crippen LogP contribution is 2.31. The standard InChI is InChI=1S/C13H16Cl2N2OS.ClH/c1-19-12-7-9(10(14)8-11(12)15)13(18)17-5-2-3-16-4-6-17;/h7-8,16H,2-6H2,1H3;1H. The van der Waals surface area contributed by atoms with Crippen LogP contribution in [0.1, 0.15) is 16.8 Å². The van der Waals surface area contributed by atoms with Crippen LogP contribution >= 0.6 is 47.4 Å². The summed E-state index contributed by atoms with van der Waals surface area (Å²) < 4.78 is 0. The average Bonchev–Trinajstić information content (AvgIpc) is 2.67. The third kappa shape index (κ3) is 4.18. The Bertz CT molecular complexity index is 477. The van der Waals surface area contributed by atoms with Gasteiger partial charge in [-0.1, -0.05) is 23.2 Å². The van der Waals surface area contributed by atoms with Crippen molar-refractivity contribution in [3.05, 3.63) is 27.7 Å². The van der Waals surface area contributed by atoms with E-state index in [1.807, 2.05) is 11.2 Å². The fourth-order valence-corrected chi connectivity index (χ4v) is 3.25. The molecule has 1 aliphatic rings. The van der Waals surface area contributed by atoms with Crippen molar-refractivity contribution in [3.8, 4) is 0 Å². The molecule has 3 nitrogen and oxygen atoms in total. The van der Waals surface area contributed by atoms with E-state index in [1.54, 1.807) is 12.1 Å². The number of nitrogens with zero attached hydrogens (tertiary/aromatic N) is 1. The Labute approximate surface area is 139 Å². The first-order valence-electron chi connectivity index (χ1n) is 6.16. The van der Waals surface area contributed by atoms with Crippen molar-refractivity contribution in [2.75, 3.05) is 32.4 Å². The van der Waals surface area contributed by atoms with Gasteiger partial charge >= 0.3 is 0 Å². The molecule has 2 rings (SSSR count). The van der Waals surface area contributed by atoms with Gasteiger partial charge in [0.2, 0.25) is 0 Å². The van der Waals surface area contributed by atoms with Crippen molar-refractivity contribution in [1.29, 1.82) is 0 Å². The molecule has 0 bridgehead atoms. The summed E-state index contributed by atoms with van der Waals surface area (Å²) in [7, 11) is 0. The molecular weight excluding hydrogens is 339 g/mol. The lowest BCUT2D eigenvalue weighted by Gasteiger charge is -2.21. The second-order valence-electron chi connectivity index (χ2n) is 4.36. The maximum atomic E-state index is 12.5. The zero-order chi connectivity index (χ0) is 13.8. The molecule has 112 valence electrons. The van der Waals surface area contributed by atoms with E-state index in [-0.39, 0.29) is 18.3 Å². The van der Waals surface area contributed by atoms with E-state index >= 15 is 0 Å². The van der Waals surface area contributed by atoms with Gasteiger partial charge < -0.3 is 10.2 Å². The lowest BCUT2D eigenvalue weighted by molar-refractivity contribution is 0.0766. The van der Waals surface area contributed by atoms with Crippen LogP contribution in [0.3, 0.4) is 0 Å². The van der Waals surface area contributed by atoms with Gasteiger partial charge in [-0.05, 0) is 31.4 Å². The fraction of sp³-hybridized carbons (Fsp3) is 0.462. The molecular formula is C13H17Cl3N2OS. The summed E-state index contributed by atoms with van der Waals surface area (Å²) in [6.45, 7) is 3.26. The largest absolute Gasteiger partial charge is 0.337 e. The van der Waals surface area contributed by atoms with Crippen molar-refractivity contribution in [3.63, 3.8) is 0 Å². The van der Waals surface area contributed by atoms with E-state index in [1.165, 1.54) is 11.8 Å². The number of nitrogens with one attached hydrogen (secondary N) is 1. The number of thioether (sulfide) groups is 1. The minimum Gasteiger partial charge on any atom is -0.337 e. The fourth-order valence-electron chi connectivity index (χ4n) is 2.07. The first-order valence-corrected chi connectivity index (χ1v) is 8.14. The number of rotatable bonds is 2. The van der Waals surface area contributed by atoms with Crippen molar-refractivity contribution < 1.29 is 4.79 Å². The summed E-state index contributed by atoms with van der Waals surface area (Å²) in [4.78, 5) is 15.2. The molecule has 1 aromatic carbocycles. The minimum absolute atomic E-state index is 0. The molecule has 1 heterocycles. The Morgan fingerprint density at radius 3 is 2.70 bits per heavy atom. The summed E-state index contributed by atoms with van der Waals surface area (Å²) in [5, 5.41) is 4.29. The lowest BCUT2D eigenvalue weighted by Crippen LogP contribution is -2.34. The van der Waals surface area contributed by atoms with Crippen LogP contribution in [0.4, 0.5) is 0 Å². The third-order valence-electron chi connectivity index (χ3n) is 3.10. The van der Waals surface area contributed by atoms with Crippen molar-refractivity contribution in [2.45, 2.75) is 11.3 Å².